The maximum atomic E-state index is 12.0. The maximum absolute atomic E-state index is 12.0. The van der Waals surface area contributed by atoms with Gasteiger partial charge in [-0.25, -0.2) is 0 Å². The van der Waals surface area contributed by atoms with E-state index in [4.69, 9.17) is 4.74 Å². The summed E-state index contributed by atoms with van der Waals surface area (Å²) in [6.45, 7) is 2.50. The Morgan fingerprint density at radius 2 is 2.37 bits per heavy atom. The highest BCUT2D eigenvalue weighted by Crippen LogP contribution is 2.33. The maximum Gasteiger partial charge on any atom is 0.246 e. The molecular formula is C14H17BrN2O2. The largest absolute Gasteiger partial charge is 0.381 e. The molecule has 2 N–H and O–H groups in total. The lowest BCUT2D eigenvalue weighted by atomic mass is 10.0. The highest BCUT2D eigenvalue weighted by Gasteiger charge is 2.30. The van der Waals surface area contributed by atoms with Crippen molar-refractivity contribution in [2.45, 2.75) is 18.9 Å². The minimum absolute atomic E-state index is 0.0322. The zero-order valence-electron chi connectivity index (χ0n) is 10.6. The van der Waals surface area contributed by atoms with Gasteiger partial charge in [-0.2, -0.15) is 0 Å². The molecule has 2 aliphatic rings. The van der Waals surface area contributed by atoms with Crippen LogP contribution in [0.1, 0.15) is 24.4 Å². The topological polar surface area (TPSA) is 50.4 Å². The second-order valence-corrected chi connectivity index (χ2v) is 6.06. The van der Waals surface area contributed by atoms with Gasteiger partial charge in [0.2, 0.25) is 5.91 Å². The summed E-state index contributed by atoms with van der Waals surface area (Å²) in [4.78, 5) is 12.0. The van der Waals surface area contributed by atoms with E-state index in [0.717, 1.165) is 41.9 Å². The van der Waals surface area contributed by atoms with Crippen molar-refractivity contribution >= 4 is 27.5 Å². The van der Waals surface area contributed by atoms with Gasteiger partial charge in [-0.1, -0.05) is 22.0 Å². The highest BCUT2D eigenvalue weighted by molar-refractivity contribution is 9.10. The SMILES string of the molecule is O=C1Nc2cc(Br)ccc2C1NCC1CCCOC1. The van der Waals surface area contributed by atoms with E-state index >= 15 is 0 Å². The third-order valence-electron chi connectivity index (χ3n) is 3.71. The van der Waals surface area contributed by atoms with Crippen LogP contribution >= 0.6 is 15.9 Å². The molecule has 5 heteroatoms. The van der Waals surface area contributed by atoms with Gasteiger partial charge in [0.05, 0.1) is 6.61 Å². The summed E-state index contributed by atoms with van der Waals surface area (Å²) in [5, 5.41) is 6.28. The lowest BCUT2D eigenvalue weighted by Gasteiger charge is -2.23. The Labute approximate surface area is 121 Å². The summed E-state index contributed by atoms with van der Waals surface area (Å²) in [5.74, 6) is 0.547. The summed E-state index contributed by atoms with van der Waals surface area (Å²) in [7, 11) is 0. The number of rotatable bonds is 3. The van der Waals surface area contributed by atoms with Crippen LogP contribution in [0.5, 0.6) is 0 Å². The van der Waals surface area contributed by atoms with E-state index in [2.05, 4.69) is 26.6 Å². The van der Waals surface area contributed by atoms with Crippen molar-refractivity contribution in [1.82, 2.24) is 5.32 Å². The van der Waals surface area contributed by atoms with Gasteiger partial charge >= 0.3 is 0 Å². The lowest BCUT2D eigenvalue weighted by Crippen LogP contribution is -2.34. The molecule has 4 nitrogen and oxygen atoms in total. The number of ether oxygens (including phenoxy) is 1. The second kappa shape index (κ2) is 5.61. The minimum atomic E-state index is -0.231. The van der Waals surface area contributed by atoms with Gasteiger partial charge in [0, 0.05) is 28.9 Å². The van der Waals surface area contributed by atoms with Crippen LogP contribution in [0.15, 0.2) is 22.7 Å². The number of amides is 1. The quantitative estimate of drug-likeness (QED) is 0.898. The molecule has 19 heavy (non-hydrogen) atoms. The normalized spacial score (nSPS) is 26.1. The molecule has 2 atom stereocenters. The van der Waals surface area contributed by atoms with Gasteiger partial charge in [-0.05, 0) is 30.9 Å². The molecule has 1 saturated heterocycles. The smallest absolute Gasteiger partial charge is 0.246 e. The van der Waals surface area contributed by atoms with Crippen molar-refractivity contribution in [2.75, 3.05) is 25.1 Å². The van der Waals surface area contributed by atoms with Crippen LogP contribution in [0.25, 0.3) is 0 Å². The molecule has 102 valence electrons. The molecule has 1 amide bonds. The van der Waals surface area contributed by atoms with Crippen molar-refractivity contribution in [3.63, 3.8) is 0 Å². The molecule has 1 fully saturated rings. The number of hydrogen-bond acceptors (Lipinski definition) is 3. The molecule has 0 aliphatic carbocycles. The van der Waals surface area contributed by atoms with E-state index in [-0.39, 0.29) is 11.9 Å². The van der Waals surface area contributed by atoms with E-state index < -0.39 is 0 Å². The zero-order valence-corrected chi connectivity index (χ0v) is 12.2. The monoisotopic (exact) mass is 324 g/mol. The second-order valence-electron chi connectivity index (χ2n) is 5.15. The van der Waals surface area contributed by atoms with Crippen molar-refractivity contribution in [3.8, 4) is 0 Å². The Bertz CT molecular complexity index is 486. The van der Waals surface area contributed by atoms with E-state index in [0.29, 0.717) is 5.92 Å². The average Bonchev–Trinajstić information content (AvgIpc) is 2.72. The Balaban J connectivity index is 1.66. The number of carbonyl (C=O) groups is 1. The summed E-state index contributed by atoms with van der Waals surface area (Å²) in [6, 6.07) is 5.67. The summed E-state index contributed by atoms with van der Waals surface area (Å²) >= 11 is 3.42. The molecule has 1 aromatic rings. The lowest BCUT2D eigenvalue weighted by molar-refractivity contribution is -0.117. The molecule has 0 bridgehead atoms. The van der Waals surface area contributed by atoms with Crippen LogP contribution < -0.4 is 10.6 Å². The molecule has 2 unspecified atom stereocenters. The number of halogens is 1. The Morgan fingerprint density at radius 3 is 3.16 bits per heavy atom. The third-order valence-corrected chi connectivity index (χ3v) is 4.20. The number of anilines is 1. The Kier molecular flexibility index (Phi) is 3.86. The predicted octanol–water partition coefficient (Wildman–Crippen LogP) is 2.46. The van der Waals surface area contributed by atoms with Gasteiger partial charge in [0.25, 0.3) is 0 Å². The molecule has 0 aromatic heterocycles. The minimum Gasteiger partial charge on any atom is -0.381 e. The molecule has 0 radical (unpaired) electrons. The molecule has 0 saturated carbocycles. The summed E-state index contributed by atoms with van der Waals surface area (Å²) < 4.78 is 6.44. The van der Waals surface area contributed by atoms with Gasteiger partial charge < -0.3 is 15.4 Å². The van der Waals surface area contributed by atoms with Gasteiger partial charge in [0.1, 0.15) is 6.04 Å². The van der Waals surface area contributed by atoms with Crippen LogP contribution in [-0.4, -0.2) is 25.7 Å². The van der Waals surface area contributed by atoms with E-state index in [9.17, 15) is 4.79 Å². The van der Waals surface area contributed by atoms with Crippen LogP contribution in [0.3, 0.4) is 0 Å². The summed E-state index contributed by atoms with van der Waals surface area (Å²) in [5.41, 5.74) is 1.93. The Morgan fingerprint density at radius 1 is 1.47 bits per heavy atom. The number of carbonyl (C=O) groups excluding carboxylic acids is 1. The molecule has 0 spiro atoms. The number of benzene rings is 1. The van der Waals surface area contributed by atoms with Crippen molar-refractivity contribution < 1.29 is 9.53 Å². The van der Waals surface area contributed by atoms with Crippen molar-refractivity contribution in [1.29, 1.82) is 0 Å². The van der Waals surface area contributed by atoms with Crippen LogP contribution in [0, 0.1) is 5.92 Å². The van der Waals surface area contributed by atoms with Crippen molar-refractivity contribution in [3.05, 3.63) is 28.2 Å². The fraction of sp³-hybridized carbons (Fsp3) is 0.500. The van der Waals surface area contributed by atoms with Crippen LogP contribution in [0.2, 0.25) is 0 Å². The van der Waals surface area contributed by atoms with Crippen molar-refractivity contribution in [2.24, 2.45) is 5.92 Å². The number of fused-ring (bicyclic) bond motifs is 1. The fourth-order valence-corrected chi connectivity index (χ4v) is 3.05. The van der Waals surface area contributed by atoms with E-state index in [1.54, 1.807) is 0 Å². The first-order chi connectivity index (χ1) is 9.24. The highest BCUT2D eigenvalue weighted by atomic mass is 79.9. The first kappa shape index (κ1) is 13.1. The zero-order chi connectivity index (χ0) is 13.2. The molecule has 2 aliphatic heterocycles. The first-order valence-corrected chi connectivity index (χ1v) is 7.45. The molecular weight excluding hydrogens is 308 g/mol. The van der Waals surface area contributed by atoms with Gasteiger partial charge in [-0.15, -0.1) is 0 Å². The predicted molar refractivity (Wildman–Crippen MR) is 77.1 cm³/mol. The van der Waals surface area contributed by atoms with Crippen LogP contribution in [-0.2, 0) is 9.53 Å². The molecule has 1 aromatic carbocycles. The van der Waals surface area contributed by atoms with Gasteiger partial charge in [-0.3, -0.25) is 4.79 Å². The van der Waals surface area contributed by atoms with E-state index in [1.807, 2.05) is 18.2 Å². The number of nitrogens with one attached hydrogen (secondary N) is 2. The average molecular weight is 325 g/mol. The third kappa shape index (κ3) is 2.83. The number of hydrogen-bond donors (Lipinski definition) is 2. The standard InChI is InChI=1S/C14H17BrN2O2/c15-10-3-4-11-12(6-10)17-14(18)13(11)16-7-9-2-1-5-19-8-9/h3-4,6,9,13,16H,1-2,5,7-8H2,(H,17,18). The molecule has 2 heterocycles. The van der Waals surface area contributed by atoms with E-state index in [1.165, 1.54) is 6.42 Å². The Hall–Kier alpha value is -0.910. The first-order valence-electron chi connectivity index (χ1n) is 6.65. The van der Waals surface area contributed by atoms with Crippen LogP contribution in [0.4, 0.5) is 5.69 Å². The fourth-order valence-electron chi connectivity index (χ4n) is 2.69. The van der Waals surface area contributed by atoms with Gasteiger partial charge in [0.15, 0.2) is 0 Å². The molecule has 3 rings (SSSR count). The summed E-state index contributed by atoms with van der Waals surface area (Å²) in [6.07, 6.45) is 2.29.